The molecular formula is C28H23N5O2S. The summed E-state index contributed by atoms with van der Waals surface area (Å²) < 4.78 is 0. The fourth-order valence-electron chi connectivity index (χ4n) is 3.87. The Labute approximate surface area is 212 Å². The Balaban J connectivity index is 1.32. The number of nitrogens with zero attached hydrogens (tertiary/aromatic N) is 2. The second kappa shape index (κ2) is 10.8. The van der Waals surface area contributed by atoms with Crippen LogP contribution in [0.25, 0.3) is 21.3 Å². The first-order valence-corrected chi connectivity index (χ1v) is 12.3. The highest BCUT2D eigenvalue weighted by Crippen LogP contribution is 2.26. The van der Waals surface area contributed by atoms with E-state index in [-0.39, 0.29) is 5.91 Å². The Morgan fingerprint density at radius 3 is 2.25 bits per heavy atom. The number of amides is 3. The van der Waals surface area contributed by atoms with Crippen LogP contribution in [0.1, 0.15) is 5.56 Å². The van der Waals surface area contributed by atoms with Gasteiger partial charge in [-0.15, -0.1) is 10.2 Å². The molecule has 0 bridgehead atoms. The Morgan fingerprint density at radius 2 is 1.44 bits per heavy atom. The van der Waals surface area contributed by atoms with E-state index in [9.17, 15) is 9.59 Å². The monoisotopic (exact) mass is 493 g/mol. The lowest BCUT2D eigenvalue weighted by molar-refractivity contribution is -0.117. The second-order valence-electron chi connectivity index (χ2n) is 8.14. The Bertz CT molecular complexity index is 1480. The number of fused-ring (bicyclic) bond motifs is 1. The molecule has 36 heavy (non-hydrogen) atoms. The molecule has 0 aliphatic carbocycles. The van der Waals surface area contributed by atoms with Gasteiger partial charge in [0.2, 0.25) is 11.0 Å². The zero-order valence-electron chi connectivity index (χ0n) is 19.2. The smallest absolute Gasteiger partial charge is 0.319 e. The third-order valence-electron chi connectivity index (χ3n) is 5.62. The van der Waals surface area contributed by atoms with E-state index in [4.69, 9.17) is 0 Å². The van der Waals surface area contributed by atoms with E-state index in [0.29, 0.717) is 22.2 Å². The number of benzene rings is 4. The van der Waals surface area contributed by atoms with Crippen LogP contribution in [0.2, 0.25) is 0 Å². The van der Waals surface area contributed by atoms with Crippen LogP contribution in [0, 0.1) is 0 Å². The molecule has 8 heteroatoms. The van der Waals surface area contributed by atoms with Crippen LogP contribution in [-0.4, -0.2) is 28.2 Å². The quantitative estimate of drug-likeness (QED) is 0.270. The highest BCUT2D eigenvalue weighted by Gasteiger charge is 2.23. The van der Waals surface area contributed by atoms with Gasteiger partial charge in [-0.25, -0.2) is 4.79 Å². The molecule has 0 aliphatic rings. The van der Waals surface area contributed by atoms with E-state index in [1.165, 1.54) is 11.3 Å². The van der Waals surface area contributed by atoms with E-state index in [2.05, 4.69) is 26.1 Å². The predicted octanol–water partition coefficient (Wildman–Crippen LogP) is 5.73. The Kier molecular flexibility index (Phi) is 6.95. The van der Waals surface area contributed by atoms with Crippen molar-refractivity contribution in [3.63, 3.8) is 0 Å². The molecule has 3 amide bonds. The van der Waals surface area contributed by atoms with Gasteiger partial charge >= 0.3 is 6.03 Å². The molecule has 0 saturated carbocycles. The molecule has 5 aromatic rings. The summed E-state index contributed by atoms with van der Waals surface area (Å²) in [5.41, 5.74) is 2.51. The molecule has 7 nitrogen and oxygen atoms in total. The normalized spacial score (nSPS) is 11.6. The van der Waals surface area contributed by atoms with Crippen LogP contribution < -0.4 is 16.0 Å². The van der Waals surface area contributed by atoms with Crippen molar-refractivity contribution in [2.24, 2.45) is 0 Å². The zero-order chi connectivity index (χ0) is 24.7. The van der Waals surface area contributed by atoms with Crippen LogP contribution >= 0.6 is 11.3 Å². The minimum atomic E-state index is -0.827. The van der Waals surface area contributed by atoms with Crippen LogP contribution in [0.15, 0.2) is 103 Å². The van der Waals surface area contributed by atoms with Gasteiger partial charge in [-0.3, -0.25) is 10.1 Å². The molecule has 0 aliphatic heterocycles. The molecule has 1 heterocycles. The molecule has 5 rings (SSSR count). The van der Waals surface area contributed by atoms with E-state index < -0.39 is 12.1 Å². The lowest BCUT2D eigenvalue weighted by Gasteiger charge is -2.19. The molecule has 4 aromatic carbocycles. The summed E-state index contributed by atoms with van der Waals surface area (Å²) in [4.78, 5) is 26.2. The molecule has 0 saturated heterocycles. The van der Waals surface area contributed by atoms with E-state index in [0.717, 1.165) is 21.9 Å². The number of hydrogen-bond donors (Lipinski definition) is 3. The highest BCUT2D eigenvalue weighted by atomic mass is 32.1. The molecule has 3 N–H and O–H groups in total. The highest BCUT2D eigenvalue weighted by molar-refractivity contribution is 7.18. The van der Waals surface area contributed by atoms with Crippen molar-refractivity contribution in [3.05, 3.63) is 109 Å². The van der Waals surface area contributed by atoms with E-state index >= 15 is 0 Å². The maximum atomic E-state index is 13.2. The SMILES string of the molecule is O=C(Nc1cccc2ccccc12)NC(Cc1ccccc1)C(=O)Nc1nnc(-c2ccccc2)s1. The van der Waals surface area contributed by atoms with Crippen molar-refractivity contribution in [1.29, 1.82) is 0 Å². The summed E-state index contributed by atoms with van der Waals surface area (Å²) >= 11 is 1.28. The number of carbonyl (C=O) groups excluding carboxylic acids is 2. The Hall–Kier alpha value is -4.56. The molecule has 1 aromatic heterocycles. The average Bonchev–Trinajstić information content (AvgIpc) is 3.38. The molecule has 1 unspecified atom stereocenters. The summed E-state index contributed by atoms with van der Waals surface area (Å²) in [6.45, 7) is 0. The van der Waals surface area contributed by atoms with Crippen LogP contribution in [0.3, 0.4) is 0 Å². The number of hydrogen-bond acceptors (Lipinski definition) is 5. The summed E-state index contributed by atoms with van der Waals surface area (Å²) in [6.07, 6.45) is 0.319. The van der Waals surface area contributed by atoms with Gasteiger partial charge in [-0.2, -0.15) is 0 Å². The minimum Gasteiger partial charge on any atom is -0.326 e. The lowest BCUT2D eigenvalue weighted by atomic mass is 10.1. The van der Waals surface area contributed by atoms with Crippen molar-refractivity contribution >= 4 is 44.9 Å². The van der Waals surface area contributed by atoms with Gasteiger partial charge in [0.05, 0.1) is 5.69 Å². The zero-order valence-corrected chi connectivity index (χ0v) is 20.0. The first-order chi connectivity index (χ1) is 17.7. The van der Waals surface area contributed by atoms with Gasteiger partial charge in [0.1, 0.15) is 11.0 Å². The third kappa shape index (κ3) is 5.56. The summed E-state index contributed by atoms with van der Waals surface area (Å²) in [5.74, 6) is -0.373. The van der Waals surface area contributed by atoms with Crippen LogP contribution in [0.5, 0.6) is 0 Å². The largest absolute Gasteiger partial charge is 0.326 e. The first-order valence-electron chi connectivity index (χ1n) is 11.4. The second-order valence-corrected chi connectivity index (χ2v) is 9.11. The maximum Gasteiger partial charge on any atom is 0.319 e. The summed E-state index contributed by atoms with van der Waals surface area (Å²) in [5, 5.41) is 19.8. The molecular weight excluding hydrogens is 470 g/mol. The van der Waals surface area contributed by atoms with Gasteiger partial charge in [-0.1, -0.05) is 108 Å². The number of anilines is 2. The van der Waals surface area contributed by atoms with E-state index in [1.54, 1.807) is 0 Å². The van der Waals surface area contributed by atoms with Crippen molar-refractivity contribution in [3.8, 4) is 10.6 Å². The lowest BCUT2D eigenvalue weighted by Crippen LogP contribution is -2.46. The van der Waals surface area contributed by atoms with Crippen LogP contribution in [-0.2, 0) is 11.2 Å². The first kappa shape index (κ1) is 23.2. The molecule has 1 atom stereocenters. The van der Waals surface area contributed by atoms with Crippen molar-refractivity contribution in [2.75, 3.05) is 10.6 Å². The molecule has 0 spiro atoms. The molecule has 0 fully saturated rings. The van der Waals surface area contributed by atoms with E-state index in [1.807, 2.05) is 103 Å². The van der Waals surface area contributed by atoms with Crippen LogP contribution in [0.4, 0.5) is 15.6 Å². The van der Waals surface area contributed by atoms with Crippen molar-refractivity contribution < 1.29 is 9.59 Å². The molecule has 0 radical (unpaired) electrons. The standard InChI is InChI=1S/C28H23N5O2S/c34-25(31-28-33-32-26(36-28)21-13-5-2-6-14-21)24(18-19-10-3-1-4-11-19)30-27(35)29-23-17-9-15-20-12-7-8-16-22(20)23/h1-17,24H,18H2,(H2,29,30,35)(H,31,33,34). The number of carbonyl (C=O) groups is 2. The summed E-state index contributed by atoms with van der Waals surface area (Å²) in [7, 11) is 0. The predicted molar refractivity (Wildman–Crippen MR) is 144 cm³/mol. The number of nitrogens with one attached hydrogen (secondary N) is 3. The number of rotatable bonds is 7. The maximum absolute atomic E-state index is 13.2. The van der Waals surface area contributed by atoms with Gasteiger partial charge < -0.3 is 10.6 Å². The van der Waals surface area contributed by atoms with Gasteiger partial charge in [0.25, 0.3) is 0 Å². The van der Waals surface area contributed by atoms with Gasteiger partial charge in [0, 0.05) is 17.4 Å². The average molecular weight is 494 g/mol. The fourth-order valence-corrected chi connectivity index (χ4v) is 4.63. The van der Waals surface area contributed by atoms with Gasteiger partial charge in [0.15, 0.2) is 0 Å². The van der Waals surface area contributed by atoms with Crippen molar-refractivity contribution in [1.82, 2.24) is 15.5 Å². The number of urea groups is 1. The fraction of sp³-hybridized carbons (Fsp3) is 0.0714. The minimum absolute atomic E-state index is 0.319. The number of aromatic nitrogens is 2. The third-order valence-corrected chi connectivity index (χ3v) is 6.51. The Morgan fingerprint density at radius 1 is 0.750 bits per heavy atom. The van der Waals surface area contributed by atoms with Crippen molar-refractivity contribution in [2.45, 2.75) is 12.5 Å². The summed E-state index contributed by atoms with van der Waals surface area (Å²) in [6, 6.07) is 31.4. The topological polar surface area (TPSA) is 96.0 Å². The van der Waals surface area contributed by atoms with Gasteiger partial charge in [-0.05, 0) is 17.0 Å². The molecule has 178 valence electrons.